The predicted molar refractivity (Wildman–Crippen MR) is 81.9 cm³/mol. The van der Waals surface area contributed by atoms with Crippen molar-refractivity contribution in [3.05, 3.63) is 24.3 Å². The maximum atomic E-state index is 11.7. The van der Waals surface area contributed by atoms with E-state index in [-0.39, 0.29) is 18.2 Å². The van der Waals surface area contributed by atoms with Crippen LogP contribution in [-0.4, -0.2) is 31.4 Å². The average Bonchev–Trinajstić information content (AvgIpc) is 2.41. The quantitative estimate of drug-likeness (QED) is 0.801. The molecule has 0 aliphatic rings. The fraction of sp³-hybridized carbons (Fsp3) is 0.467. The number of amides is 2. The van der Waals surface area contributed by atoms with Gasteiger partial charge in [-0.15, -0.1) is 0 Å². The van der Waals surface area contributed by atoms with Gasteiger partial charge < -0.3 is 15.5 Å². The van der Waals surface area contributed by atoms with Gasteiger partial charge in [0.05, 0.1) is 0 Å². The molecule has 0 saturated carbocycles. The van der Waals surface area contributed by atoms with E-state index in [1.165, 1.54) is 6.92 Å². The minimum atomic E-state index is -0.124. The molecule has 5 nitrogen and oxygen atoms in total. The van der Waals surface area contributed by atoms with E-state index in [2.05, 4.69) is 29.4 Å². The highest BCUT2D eigenvalue weighted by Gasteiger charge is 2.04. The predicted octanol–water partition coefficient (Wildman–Crippen LogP) is 2.00. The van der Waals surface area contributed by atoms with Gasteiger partial charge in [-0.3, -0.25) is 9.59 Å². The van der Waals surface area contributed by atoms with Crippen LogP contribution in [0.1, 0.15) is 27.2 Å². The molecule has 0 aromatic heterocycles. The average molecular weight is 277 g/mol. The van der Waals surface area contributed by atoms with Crippen molar-refractivity contribution < 1.29 is 9.59 Å². The van der Waals surface area contributed by atoms with Crippen LogP contribution in [0.15, 0.2) is 24.3 Å². The molecule has 0 saturated heterocycles. The molecule has 5 heteroatoms. The zero-order valence-corrected chi connectivity index (χ0v) is 12.4. The van der Waals surface area contributed by atoms with Gasteiger partial charge in [0.25, 0.3) is 0 Å². The molecule has 0 radical (unpaired) electrons. The summed E-state index contributed by atoms with van der Waals surface area (Å²) < 4.78 is 0. The fourth-order valence-corrected chi connectivity index (χ4v) is 1.92. The number of hydrogen-bond acceptors (Lipinski definition) is 3. The van der Waals surface area contributed by atoms with Gasteiger partial charge in [0.1, 0.15) is 0 Å². The second kappa shape index (κ2) is 8.19. The molecule has 20 heavy (non-hydrogen) atoms. The minimum absolute atomic E-state index is 0.102. The monoisotopic (exact) mass is 277 g/mol. The third-order valence-electron chi connectivity index (χ3n) is 3.01. The van der Waals surface area contributed by atoms with Crippen LogP contribution in [0.4, 0.5) is 11.4 Å². The Labute approximate surface area is 120 Å². The standard InChI is InChI=1S/C15H23N3O2/c1-4-18(5-2)14-8-6-13(7-9-14)17-15(20)10-11-16-12(3)19/h6-9H,4-5,10-11H2,1-3H3,(H,16,19)(H,17,20). The van der Waals surface area contributed by atoms with Crippen molar-refractivity contribution in [1.82, 2.24) is 5.32 Å². The summed E-state index contributed by atoms with van der Waals surface area (Å²) in [5, 5.41) is 5.40. The first-order valence-corrected chi connectivity index (χ1v) is 6.96. The van der Waals surface area contributed by atoms with E-state index >= 15 is 0 Å². The molecule has 110 valence electrons. The van der Waals surface area contributed by atoms with Crippen LogP contribution in [0.3, 0.4) is 0 Å². The van der Waals surface area contributed by atoms with Gasteiger partial charge in [-0.2, -0.15) is 0 Å². The Morgan fingerprint density at radius 3 is 2.20 bits per heavy atom. The van der Waals surface area contributed by atoms with E-state index in [1.54, 1.807) is 0 Å². The van der Waals surface area contributed by atoms with E-state index in [4.69, 9.17) is 0 Å². The summed E-state index contributed by atoms with van der Waals surface area (Å²) in [6, 6.07) is 7.78. The Morgan fingerprint density at radius 1 is 1.10 bits per heavy atom. The van der Waals surface area contributed by atoms with Gasteiger partial charge in [-0.05, 0) is 38.1 Å². The van der Waals surface area contributed by atoms with Crippen molar-refractivity contribution >= 4 is 23.2 Å². The van der Waals surface area contributed by atoms with Gasteiger partial charge in [-0.25, -0.2) is 0 Å². The molecule has 2 amide bonds. The Balaban J connectivity index is 2.48. The molecule has 0 aliphatic heterocycles. The highest BCUT2D eigenvalue weighted by molar-refractivity contribution is 5.91. The second-order valence-electron chi connectivity index (χ2n) is 4.50. The summed E-state index contributed by atoms with van der Waals surface area (Å²) >= 11 is 0. The molecule has 1 rings (SSSR count). The minimum Gasteiger partial charge on any atom is -0.372 e. The number of rotatable bonds is 7. The maximum absolute atomic E-state index is 11.7. The van der Waals surface area contributed by atoms with E-state index in [9.17, 15) is 9.59 Å². The highest BCUT2D eigenvalue weighted by atomic mass is 16.2. The lowest BCUT2D eigenvalue weighted by Crippen LogP contribution is -2.25. The smallest absolute Gasteiger partial charge is 0.226 e. The first-order chi connectivity index (χ1) is 9.56. The molecule has 0 heterocycles. The molecule has 0 fully saturated rings. The first-order valence-electron chi connectivity index (χ1n) is 6.96. The van der Waals surface area contributed by atoms with Crippen LogP contribution in [-0.2, 0) is 9.59 Å². The summed E-state index contributed by atoms with van der Waals surface area (Å²) in [5.74, 6) is -0.226. The first kappa shape index (κ1) is 16.0. The molecule has 1 aromatic carbocycles. The van der Waals surface area contributed by atoms with E-state index in [1.807, 2.05) is 24.3 Å². The lowest BCUT2D eigenvalue weighted by molar-refractivity contribution is -0.119. The lowest BCUT2D eigenvalue weighted by Gasteiger charge is -2.21. The Hall–Kier alpha value is -2.04. The number of hydrogen-bond donors (Lipinski definition) is 2. The SMILES string of the molecule is CCN(CC)c1ccc(NC(=O)CCNC(C)=O)cc1. The number of benzene rings is 1. The topological polar surface area (TPSA) is 61.4 Å². The van der Waals surface area contributed by atoms with Crippen LogP contribution in [0.2, 0.25) is 0 Å². The van der Waals surface area contributed by atoms with Crippen LogP contribution >= 0.6 is 0 Å². The number of nitrogens with one attached hydrogen (secondary N) is 2. The van der Waals surface area contributed by atoms with E-state index in [0.29, 0.717) is 6.54 Å². The Kier molecular flexibility index (Phi) is 6.56. The van der Waals surface area contributed by atoms with Crippen LogP contribution < -0.4 is 15.5 Å². The van der Waals surface area contributed by atoms with Crippen LogP contribution in [0, 0.1) is 0 Å². The van der Waals surface area contributed by atoms with Crippen molar-refractivity contribution in [3.63, 3.8) is 0 Å². The molecular weight excluding hydrogens is 254 g/mol. The van der Waals surface area contributed by atoms with Gasteiger partial charge in [0.2, 0.25) is 11.8 Å². The molecular formula is C15H23N3O2. The maximum Gasteiger partial charge on any atom is 0.226 e. The number of carbonyl (C=O) groups is 2. The van der Waals surface area contributed by atoms with Gasteiger partial charge in [0.15, 0.2) is 0 Å². The Bertz CT molecular complexity index is 439. The van der Waals surface area contributed by atoms with Crippen LogP contribution in [0.25, 0.3) is 0 Å². The number of anilines is 2. The summed E-state index contributed by atoms with van der Waals surface area (Å²) in [6.07, 6.45) is 0.275. The second-order valence-corrected chi connectivity index (χ2v) is 4.50. The Morgan fingerprint density at radius 2 is 1.70 bits per heavy atom. The summed E-state index contributed by atoms with van der Waals surface area (Å²) in [4.78, 5) is 24.6. The van der Waals surface area contributed by atoms with Crippen molar-refractivity contribution in [3.8, 4) is 0 Å². The van der Waals surface area contributed by atoms with Gasteiger partial charge in [0, 0.05) is 44.4 Å². The van der Waals surface area contributed by atoms with Crippen molar-refractivity contribution in [2.45, 2.75) is 27.2 Å². The molecule has 0 aliphatic carbocycles. The van der Waals surface area contributed by atoms with Crippen molar-refractivity contribution in [2.75, 3.05) is 29.9 Å². The summed E-state index contributed by atoms with van der Waals surface area (Å²) in [7, 11) is 0. The molecule has 0 bridgehead atoms. The lowest BCUT2D eigenvalue weighted by atomic mass is 10.2. The van der Waals surface area contributed by atoms with E-state index < -0.39 is 0 Å². The molecule has 0 spiro atoms. The van der Waals surface area contributed by atoms with E-state index in [0.717, 1.165) is 24.5 Å². The van der Waals surface area contributed by atoms with Gasteiger partial charge >= 0.3 is 0 Å². The molecule has 1 aromatic rings. The number of nitrogens with zero attached hydrogens (tertiary/aromatic N) is 1. The summed E-state index contributed by atoms with van der Waals surface area (Å²) in [5.41, 5.74) is 1.92. The molecule has 2 N–H and O–H groups in total. The third-order valence-corrected chi connectivity index (χ3v) is 3.01. The van der Waals surface area contributed by atoms with Gasteiger partial charge in [-0.1, -0.05) is 0 Å². The van der Waals surface area contributed by atoms with Crippen molar-refractivity contribution in [2.24, 2.45) is 0 Å². The zero-order chi connectivity index (χ0) is 15.0. The normalized spacial score (nSPS) is 9.95. The molecule has 0 unspecified atom stereocenters. The van der Waals surface area contributed by atoms with Crippen LogP contribution in [0.5, 0.6) is 0 Å². The highest BCUT2D eigenvalue weighted by Crippen LogP contribution is 2.17. The fourth-order valence-electron chi connectivity index (χ4n) is 1.92. The number of carbonyl (C=O) groups excluding carboxylic acids is 2. The molecule has 0 atom stereocenters. The third kappa shape index (κ3) is 5.30. The zero-order valence-electron chi connectivity index (χ0n) is 12.4. The largest absolute Gasteiger partial charge is 0.372 e. The summed E-state index contributed by atoms with van der Waals surface area (Å²) in [6.45, 7) is 7.93. The van der Waals surface area contributed by atoms with Crippen molar-refractivity contribution in [1.29, 1.82) is 0 Å².